The van der Waals surface area contributed by atoms with Crippen LogP contribution in [0.25, 0.3) is 0 Å². The van der Waals surface area contributed by atoms with Crippen molar-refractivity contribution in [2.75, 3.05) is 19.5 Å². The molecule has 0 heterocycles. The van der Waals surface area contributed by atoms with Gasteiger partial charge in [0.15, 0.2) is 10.6 Å². The van der Waals surface area contributed by atoms with Gasteiger partial charge in [-0.25, -0.2) is 0 Å². The van der Waals surface area contributed by atoms with Gasteiger partial charge in [0.2, 0.25) is 5.91 Å². The van der Waals surface area contributed by atoms with Crippen molar-refractivity contribution in [1.82, 2.24) is 0 Å². The number of halogens is 1. The molecule has 1 amide bonds. The minimum Gasteiger partial charge on any atom is -0.495 e. The van der Waals surface area contributed by atoms with Crippen molar-refractivity contribution in [2.24, 2.45) is 0 Å². The van der Waals surface area contributed by atoms with Crippen molar-refractivity contribution < 1.29 is 26.9 Å². The summed E-state index contributed by atoms with van der Waals surface area (Å²) in [6.45, 7) is 1.30. The van der Waals surface area contributed by atoms with E-state index in [4.69, 9.17) is 25.3 Å². The maximum Gasteiger partial charge on any atom is 0.343 e. The first kappa shape index (κ1) is 18.9. The molecule has 2 rings (SSSR count). The van der Waals surface area contributed by atoms with Crippen LogP contribution in [0, 0.1) is 0 Å². The second-order valence-corrected chi connectivity index (χ2v) is 6.77. The lowest BCUT2D eigenvalue weighted by molar-refractivity contribution is -0.114. The SMILES string of the molecule is COc1cc(S(=O)(=O)Oc2ccccc2NC(C)=O)c(OC)cc1Cl. The number of para-hydroxylation sites is 2. The zero-order valence-electron chi connectivity index (χ0n) is 13.7. The number of ether oxygens (including phenoxy) is 2. The molecular weight excluding hydrogens is 370 g/mol. The number of methoxy groups -OCH3 is 2. The molecule has 0 saturated heterocycles. The maximum absolute atomic E-state index is 12.7. The van der Waals surface area contributed by atoms with Crippen molar-refractivity contribution in [3.05, 3.63) is 41.4 Å². The van der Waals surface area contributed by atoms with E-state index < -0.39 is 10.1 Å². The van der Waals surface area contributed by atoms with Crippen LogP contribution in [0.4, 0.5) is 5.69 Å². The van der Waals surface area contributed by atoms with E-state index in [2.05, 4.69) is 5.32 Å². The van der Waals surface area contributed by atoms with Gasteiger partial charge in [0.05, 0.1) is 24.9 Å². The molecule has 0 bridgehead atoms. The van der Waals surface area contributed by atoms with E-state index in [1.54, 1.807) is 12.1 Å². The molecular formula is C16H16ClNO6S. The summed E-state index contributed by atoms with van der Waals surface area (Å²) in [5, 5.41) is 2.69. The summed E-state index contributed by atoms with van der Waals surface area (Å²) in [6.07, 6.45) is 0. The number of carbonyl (C=O) groups excluding carboxylic acids is 1. The summed E-state index contributed by atoms with van der Waals surface area (Å²) in [7, 11) is -1.61. The van der Waals surface area contributed by atoms with E-state index in [-0.39, 0.29) is 38.8 Å². The lowest BCUT2D eigenvalue weighted by Crippen LogP contribution is -2.14. The van der Waals surface area contributed by atoms with E-state index in [9.17, 15) is 13.2 Å². The molecule has 1 N–H and O–H groups in total. The minimum absolute atomic E-state index is 0.00260. The largest absolute Gasteiger partial charge is 0.495 e. The summed E-state index contributed by atoms with van der Waals surface area (Å²) in [5.74, 6) is -0.240. The van der Waals surface area contributed by atoms with Crippen LogP contribution >= 0.6 is 11.6 Å². The standard InChI is InChI=1S/C16H16ClNO6S/c1-10(19)18-12-6-4-5-7-13(12)24-25(20,21)16-9-14(22-2)11(17)8-15(16)23-3/h4-9H,1-3H3,(H,18,19). The fourth-order valence-corrected chi connectivity index (χ4v) is 3.37. The third-order valence-corrected chi connectivity index (χ3v) is 4.66. The predicted octanol–water partition coefficient (Wildman–Crippen LogP) is 3.08. The Bertz CT molecular complexity index is 897. The molecule has 0 unspecified atom stereocenters. The summed E-state index contributed by atoms with van der Waals surface area (Å²) in [5.41, 5.74) is 0.221. The Kier molecular flexibility index (Phi) is 5.76. The van der Waals surface area contributed by atoms with Gasteiger partial charge < -0.3 is 19.0 Å². The molecule has 7 nitrogen and oxygen atoms in total. The molecule has 0 saturated carbocycles. The van der Waals surface area contributed by atoms with Crippen LogP contribution in [0.2, 0.25) is 5.02 Å². The fourth-order valence-electron chi connectivity index (χ4n) is 2.02. The first-order chi connectivity index (χ1) is 11.8. The Morgan fingerprint density at radius 1 is 1.04 bits per heavy atom. The average molecular weight is 386 g/mol. The molecule has 0 aliphatic carbocycles. The van der Waals surface area contributed by atoms with Gasteiger partial charge in [0.1, 0.15) is 11.5 Å². The highest BCUT2D eigenvalue weighted by Crippen LogP contribution is 2.37. The zero-order chi connectivity index (χ0) is 18.6. The molecule has 0 aliphatic heterocycles. The highest BCUT2D eigenvalue weighted by Gasteiger charge is 2.25. The molecule has 0 aliphatic rings. The minimum atomic E-state index is -4.28. The van der Waals surface area contributed by atoms with Gasteiger partial charge in [-0.2, -0.15) is 8.42 Å². The molecule has 9 heteroatoms. The first-order valence-corrected chi connectivity index (χ1v) is 8.79. The van der Waals surface area contributed by atoms with E-state index in [0.717, 1.165) is 0 Å². The molecule has 0 aromatic heterocycles. The van der Waals surface area contributed by atoms with Gasteiger partial charge in [-0.1, -0.05) is 23.7 Å². The number of carbonyl (C=O) groups is 1. The number of nitrogens with one attached hydrogen (secondary N) is 1. The van der Waals surface area contributed by atoms with Crippen LogP contribution in [0.1, 0.15) is 6.92 Å². The second kappa shape index (κ2) is 7.62. The smallest absolute Gasteiger partial charge is 0.343 e. The Balaban J connectivity index is 2.49. The lowest BCUT2D eigenvalue weighted by atomic mass is 10.3. The van der Waals surface area contributed by atoms with Gasteiger partial charge >= 0.3 is 10.1 Å². The molecule has 0 atom stereocenters. The average Bonchev–Trinajstić information content (AvgIpc) is 2.55. The third kappa shape index (κ3) is 4.34. The van der Waals surface area contributed by atoms with Crippen LogP contribution in [0.15, 0.2) is 41.3 Å². The van der Waals surface area contributed by atoms with Gasteiger partial charge in [-0.15, -0.1) is 0 Å². The number of hydrogen-bond donors (Lipinski definition) is 1. The number of benzene rings is 2. The van der Waals surface area contributed by atoms with Crippen LogP contribution in [-0.2, 0) is 14.9 Å². The fraction of sp³-hybridized carbons (Fsp3) is 0.188. The molecule has 2 aromatic rings. The number of rotatable bonds is 6. The quantitative estimate of drug-likeness (QED) is 0.768. The highest BCUT2D eigenvalue weighted by molar-refractivity contribution is 7.87. The van der Waals surface area contributed by atoms with E-state index >= 15 is 0 Å². The van der Waals surface area contributed by atoms with Crippen LogP contribution < -0.4 is 19.0 Å². The zero-order valence-corrected chi connectivity index (χ0v) is 15.3. The second-order valence-electron chi connectivity index (χ2n) is 4.85. The van der Waals surface area contributed by atoms with Gasteiger partial charge in [-0.05, 0) is 12.1 Å². The molecule has 0 fully saturated rings. The number of hydrogen-bond acceptors (Lipinski definition) is 6. The van der Waals surface area contributed by atoms with E-state index in [1.807, 2.05) is 0 Å². The summed E-state index contributed by atoms with van der Waals surface area (Å²) >= 11 is 5.98. The summed E-state index contributed by atoms with van der Waals surface area (Å²) in [6, 6.07) is 8.68. The van der Waals surface area contributed by atoms with Crippen molar-refractivity contribution in [2.45, 2.75) is 11.8 Å². The number of amides is 1. The van der Waals surface area contributed by atoms with Crippen LogP contribution in [-0.4, -0.2) is 28.5 Å². The van der Waals surface area contributed by atoms with Crippen molar-refractivity contribution >= 4 is 33.3 Å². The molecule has 0 spiro atoms. The Morgan fingerprint density at radius 3 is 2.28 bits per heavy atom. The van der Waals surface area contributed by atoms with Gasteiger partial charge in [0.25, 0.3) is 0 Å². The predicted molar refractivity (Wildman–Crippen MR) is 93.1 cm³/mol. The highest BCUT2D eigenvalue weighted by atomic mass is 35.5. The molecule has 134 valence electrons. The Labute approximate surface area is 150 Å². The van der Waals surface area contributed by atoms with Crippen LogP contribution in [0.5, 0.6) is 17.2 Å². The molecule has 25 heavy (non-hydrogen) atoms. The Morgan fingerprint density at radius 2 is 1.68 bits per heavy atom. The van der Waals surface area contributed by atoms with E-state index in [1.165, 1.54) is 45.4 Å². The maximum atomic E-state index is 12.7. The monoisotopic (exact) mass is 385 g/mol. The van der Waals surface area contributed by atoms with E-state index in [0.29, 0.717) is 0 Å². The molecule has 0 radical (unpaired) electrons. The number of anilines is 1. The summed E-state index contributed by atoms with van der Waals surface area (Å²) < 4.78 is 40.7. The third-order valence-electron chi connectivity index (χ3n) is 3.10. The Hall–Kier alpha value is -2.45. The van der Waals surface area contributed by atoms with Crippen molar-refractivity contribution in [3.63, 3.8) is 0 Å². The van der Waals surface area contributed by atoms with Crippen LogP contribution in [0.3, 0.4) is 0 Å². The molecule has 2 aromatic carbocycles. The topological polar surface area (TPSA) is 90.9 Å². The first-order valence-electron chi connectivity index (χ1n) is 7.01. The normalized spacial score (nSPS) is 10.9. The summed E-state index contributed by atoms with van der Waals surface area (Å²) in [4.78, 5) is 11.0. The van der Waals surface area contributed by atoms with Crippen molar-refractivity contribution in [1.29, 1.82) is 0 Å². The lowest BCUT2D eigenvalue weighted by Gasteiger charge is -2.15. The van der Waals surface area contributed by atoms with Crippen molar-refractivity contribution in [3.8, 4) is 17.2 Å². The van der Waals surface area contributed by atoms with Gasteiger partial charge in [-0.3, -0.25) is 4.79 Å². The van der Waals surface area contributed by atoms with Gasteiger partial charge in [0, 0.05) is 19.1 Å².